The van der Waals surface area contributed by atoms with Crippen LogP contribution in [0.5, 0.6) is 0 Å². The summed E-state index contributed by atoms with van der Waals surface area (Å²) in [4.78, 5) is 4.41. The van der Waals surface area contributed by atoms with Gasteiger partial charge in [0.05, 0.1) is 0 Å². The molecule has 0 amide bonds. The van der Waals surface area contributed by atoms with E-state index < -0.39 is 0 Å². The average Bonchev–Trinajstić information content (AvgIpc) is 2.52. The lowest BCUT2D eigenvalue weighted by molar-refractivity contribution is 0.355. The number of hydrogen-bond acceptors (Lipinski definition) is 2. The summed E-state index contributed by atoms with van der Waals surface area (Å²) in [6.07, 6.45) is 10.3. The zero-order chi connectivity index (χ0) is 12.1. The van der Waals surface area contributed by atoms with Gasteiger partial charge in [0.15, 0.2) is 0 Å². The Morgan fingerprint density at radius 2 is 2.24 bits per heavy atom. The highest BCUT2D eigenvalue weighted by Crippen LogP contribution is 2.32. The van der Waals surface area contributed by atoms with Crippen LogP contribution in [-0.2, 0) is 6.42 Å². The number of nitrogens with zero attached hydrogens (tertiary/aromatic N) is 1. The molecule has 1 aliphatic rings. The van der Waals surface area contributed by atoms with Crippen LogP contribution in [0.25, 0.3) is 0 Å². The monoisotopic (exact) mass is 232 g/mol. The maximum Gasteiger partial charge on any atom is 0.0421 e. The third-order valence-electron chi connectivity index (χ3n) is 4.17. The molecule has 2 N–H and O–H groups in total. The molecular formula is C15H24N2. The van der Waals surface area contributed by atoms with Gasteiger partial charge < -0.3 is 5.73 Å². The summed E-state index contributed by atoms with van der Waals surface area (Å²) in [5, 5.41) is 0. The molecule has 0 spiro atoms. The molecule has 2 nitrogen and oxygen atoms in total. The molecule has 0 bridgehead atoms. The van der Waals surface area contributed by atoms with Crippen molar-refractivity contribution in [3.63, 3.8) is 0 Å². The second kappa shape index (κ2) is 5.63. The molecular weight excluding hydrogens is 208 g/mol. The van der Waals surface area contributed by atoms with Crippen molar-refractivity contribution in [2.45, 2.75) is 57.4 Å². The van der Waals surface area contributed by atoms with E-state index in [0.29, 0.717) is 0 Å². The van der Waals surface area contributed by atoms with Crippen molar-refractivity contribution in [2.75, 3.05) is 0 Å². The summed E-state index contributed by atoms with van der Waals surface area (Å²) < 4.78 is 0. The smallest absolute Gasteiger partial charge is 0.0421 e. The minimum atomic E-state index is -0.0156. The fraction of sp³-hybridized carbons (Fsp3) is 0.667. The van der Waals surface area contributed by atoms with Crippen LogP contribution < -0.4 is 5.73 Å². The van der Waals surface area contributed by atoms with Crippen LogP contribution in [0.2, 0.25) is 0 Å². The largest absolute Gasteiger partial charge is 0.325 e. The van der Waals surface area contributed by atoms with Crippen LogP contribution in [0.3, 0.4) is 0 Å². The highest BCUT2D eigenvalue weighted by atomic mass is 14.8. The van der Waals surface area contributed by atoms with E-state index in [1.165, 1.54) is 25.7 Å². The molecule has 2 atom stereocenters. The van der Waals surface area contributed by atoms with E-state index in [1.807, 2.05) is 12.3 Å². The van der Waals surface area contributed by atoms with Crippen LogP contribution in [0.15, 0.2) is 24.4 Å². The Bertz CT molecular complexity index is 336. The molecule has 0 aliphatic heterocycles. The van der Waals surface area contributed by atoms with Gasteiger partial charge in [-0.05, 0) is 37.3 Å². The Labute approximate surface area is 105 Å². The van der Waals surface area contributed by atoms with Crippen LogP contribution >= 0.6 is 0 Å². The van der Waals surface area contributed by atoms with Gasteiger partial charge in [0.1, 0.15) is 0 Å². The van der Waals surface area contributed by atoms with E-state index in [4.69, 9.17) is 5.73 Å². The molecule has 0 saturated heterocycles. The second-order valence-corrected chi connectivity index (χ2v) is 5.57. The molecule has 1 heterocycles. The Balaban J connectivity index is 1.99. The van der Waals surface area contributed by atoms with Gasteiger partial charge in [0.25, 0.3) is 0 Å². The normalized spacial score (nSPS) is 29.9. The quantitative estimate of drug-likeness (QED) is 0.812. The Morgan fingerprint density at radius 1 is 1.35 bits per heavy atom. The zero-order valence-electron chi connectivity index (χ0n) is 10.9. The van der Waals surface area contributed by atoms with Crippen molar-refractivity contribution < 1.29 is 0 Å². The molecule has 1 aromatic heterocycles. The van der Waals surface area contributed by atoms with Crippen LogP contribution in [-0.4, -0.2) is 10.5 Å². The van der Waals surface area contributed by atoms with Crippen LogP contribution in [0.4, 0.5) is 0 Å². The molecule has 0 aromatic carbocycles. The molecule has 1 fully saturated rings. The van der Waals surface area contributed by atoms with Crippen molar-refractivity contribution in [1.29, 1.82) is 0 Å². The lowest BCUT2D eigenvalue weighted by atomic mass is 9.86. The fourth-order valence-corrected chi connectivity index (χ4v) is 2.95. The van der Waals surface area contributed by atoms with Gasteiger partial charge in [0, 0.05) is 23.9 Å². The molecule has 2 heteroatoms. The molecule has 1 aromatic rings. The van der Waals surface area contributed by atoms with Gasteiger partial charge in [-0.15, -0.1) is 0 Å². The second-order valence-electron chi connectivity index (χ2n) is 5.57. The topological polar surface area (TPSA) is 38.9 Å². The highest BCUT2D eigenvalue weighted by molar-refractivity contribution is 5.08. The van der Waals surface area contributed by atoms with Gasteiger partial charge >= 0.3 is 0 Å². The number of hydrogen-bond donors (Lipinski definition) is 1. The minimum Gasteiger partial charge on any atom is -0.325 e. The summed E-state index contributed by atoms with van der Waals surface area (Å²) in [7, 11) is 0. The third kappa shape index (κ3) is 3.53. The number of rotatable bonds is 3. The summed E-state index contributed by atoms with van der Waals surface area (Å²) >= 11 is 0. The van der Waals surface area contributed by atoms with Crippen LogP contribution in [0, 0.1) is 5.92 Å². The van der Waals surface area contributed by atoms with E-state index in [2.05, 4.69) is 24.0 Å². The maximum absolute atomic E-state index is 6.57. The third-order valence-corrected chi connectivity index (χ3v) is 4.17. The van der Waals surface area contributed by atoms with Gasteiger partial charge in [-0.3, -0.25) is 4.98 Å². The van der Waals surface area contributed by atoms with E-state index in [1.54, 1.807) is 0 Å². The number of pyridine rings is 1. The lowest BCUT2D eigenvalue weighted by Crippen LogP contribution is -2.41. The summed E-state index contributed by atoms with van der Waals surface area (Å²) in [6, 6.07) is 6.11. The molecule has 17 heavy (non-hydrogen) atoms. The first-order chi connectivity index (χ1) is 8.22. The van der Waals surface area contributed by atoms with Gasteiger partial charge in [-0.25, -0.2) is 0 Å². The first-order valence-electron chi connectivity index (χ1n) is 6.91. The molecule has 1 saturated carbocycles. The van der Waals surface area contributed by atoms with Crippen molar-refractivity contribution in [2.24, 2.45) is 11.7 Å². The van der Waals surface area contributed by atoms with Crippen LogP contribution in [0.1, 0.15) is 51.1 Å². The first kappa shape index (κ1) is 12.6. The van der Waals surface area contributed by atoms with Crippen molar-refractivity contribution in [1.82, 2.24) is 4.98 Å². The predicted octanol–water partition coefficient (Wildman–Crippen LogP) is 3.31. The summed E-state index contributed by atoms with van der Waals surface area (Å²) in [5.74, 6) is 0.893. The molecule has 94 valence electrons. The zero-order valence-corrected chi connectivity index (χ0v) is 10.9. The van der Waals surface area contributed by atoms with Gasteiger partial charge in [-0.2, -0.15) is 0 Å². The van der Waals surface area contributed by atoms with E-state index in [-0.39, 0.29) is 5.54 Å². The predicted molar refractivity (Wildman–Crippen MR) is 71.7 cm³/mol. The summed E-state index contributed by atoms with van der Waals surface area (Å²) in [6.45, 7) is 2.30. The average molecular weight is 232 g/mol. The molecule has 1 aliphatic carbocycles. The van der Waals surface area contributed by atoms with Crippen molar-refractivity contribution in [3.05, 3.63) is 30.1 Å². The SMILES string of the molecule is CCC1CCCC(N)(Cc2ccccn2)CC1. The molecule has 2 unspecified atom stereocenters. The standard InChI is InChI=1S/C15H24N2/c1-2-13-6-5-9-15(16,10-8-13)12-14-7-3-4-11-17-14/h3-4,7,11,13H,2,5-6,8-10,12,16H2,1H3. The van der Waals surface area contributed by atoms with Crippen molar-refractivity contribution >= 4 is 0 Å². The van der Waals surface area contributed by atoms with E-state index in [9.17, 15) is 0 Å². The Morgan fingerprint density at radius 3 is 2.94 bits per heavy atom. The molecule has 0 radical (unpaired) electrons. The minimum absolute atomic E-state index is 0.0156. The maximum atomic E-state index is 6.57. The summed E-state index contributed by atoms with van der Waals surface area (Å²) in [5.41, 5.74) is 7.70. The fourth-order valence-electron chi connectivity index (χ4n) is 2.95. The Hall–Kier alpha value is -0.890. The molecule has 2 rings (SSSR count). The van der Waals surface area contributed by atoms with E-state index >= 15 is 0 Å². The first-order valence-corrected chi connectivity index (χ1v) is 6.91. The van der Waals surface area contributed by atoms with Gasteiger partial charge in [0.2, 0.25) is 0 Å². The van der Waals surface area contributed by atoms with Crippen molar-refractivity contribution in [3.8, 4) is 0 Å². The van der Waals surface area contributed by atoms with Gasteiger partial charge in [-0.1, -0.05) is 32.3 Å². The number of aromatic nitrogens is 1. The highest BCUT2D eigenvalue weighted by Gasteiger charge is 2.29. The number of nitrogens with two attached hydrogens (primary N) is 1. The Kier molecular flexibility index (Phi) is 4.16. The van der Waals surface area contributed by atoms with E-state index in [0.717, 1.165) is 30.9 Å². The lowest BCUT2D eigenvalue weighted by Gasteiger charge is -2.27.